The van der Waals surface area contributed by atoms with Crippen molar-refractivity contribution >= 4 is 17.7 Å². The number of ketones is 1. The van der Waals surface area contributed by atoms with E-state index in [-0.39, 0.29) is 34.3 Å². The molecule has 2 N–H and O–H groups in total. The fourth-order valence-electron chi connectivity index (χ4n) is 3.32. The van der Waals surface area contributed by atoms with Crippen LogP contribution in [0.1, 0.15) is 59.7 Å². The summed E-state index contributed by atoms with van der Waals surface area (Å²) >= 11 is 0. The number of amides is 1. The van der Waals surface area contributed by atoms with E-state index >= 15 is 0 Å². The Balaban J connectivity index is 2.13. The van der Waals surface area contributed by atoms with Crippen LogP contribution in [-0.2, 0) is 9.53 Å². The number of hydrogen-bond acceptors (Lipinski definition) is 6. The van der Waals surface area contributed by atoms with E-state index in [2.05, 4.69) is 0 Å². The Bertz CT molecular complexity index is 828. The first-order chi connectivity index (χ1) is 13.4. The van der Waals surface area contributed by atoms with Crippen LogP contribution < -0.4 is 5.73 Å². The molecule has 0 radical (unpaired) electrons. The summed E-state index contributed by atoms with van der Waals surface area (Å²) in [4.78, 5) is 39.1. The second-order valence-corrected chi connectivity index (χ2v) is 6.92. The molecule has 1 aromatic rings. The maximum atomic E-state index is 12.9. The molecule has 0 heterocycles. The first kappa shape index (κ1) is 21.2. The Morgan fingerprint density at radius 3 is 2.36 bits per heavy atom. The monoisotopic (exact) mass is 383 g/mol. The molecule has 0 aromatic heterocycles. The molecule has 0 aliphatic heterocycles. The van der Waals surface area contributed by atoms with Gasteiger partial charge in [0.15, 0.2) is 6.61 Å². The minimum Gasteiger partial charge on any atom is -0.454 e. The normalized spacial score (nSPS) is 15.2. The van der Waals surface area contributed by atoms with Crippen molar-refractivity contribution in [3.8, 4) is 6.07 Å². The average molecular weight is 383 g/mol. The van der Waals surface area contributed by atoms with E-state index in [1.54, 1.807) is 36.2 Å². The fraction of sp³-hybridized carbons (Fsp3) is 0.429. The third-order valence-corrected chi connectivity index (χ3v) is 4.94. The number of hydrogen-bond donors (Lipinski definition) is 1. The highest BCUT2D eigenvalue weighted by molar-refractivity contribution is 6.06. The van der Waals surface area contributed by atoms with Gasteiger partial charge < -0.3 is 15.4 Å². The lowest BCUT2D eigenvalue weighted by Crippen LogP contribution is -2.39. The van der Waals surface area contributed by atoms with Crippen molar-refractivity contribution in [3.63, 3.8) is 0 Å². The predicted octanol–water partition coefficient (Wildman–Crippen LogP) is 2.57. The summed E-state index contributed by atoms with van der Waals surface area (Å²) in [5.74, 6) is -1.72. The molecule has 1 aromatic carbocycles. The number of nitrogens with two attached hydrogens (primary N) is 1. The van der Waals surface area contributed by atoms with Gasteiger partial charge in [0, 0.05) is 18.8 Å². The zero-order chi connectivity index (χ0) is 20.7. The standard InChI is InChI=1S/C21H25N3O4/c1-14(23)18(12-22)19(25)13-28-21(27)17-11-7-6-10-16(17)20(26)24(2)15-8-4-3-5-9-15/h6-7,10-11,15H,3-5,8-9,13,23H2,1-2H3. The largest absolute Gasteiger partial charge is 0.454 e. The molecule has 7 heteroatoms. The molecule has 1 saturated carbocycles. The second-order valence-electron chi connectivity index (χ2n) is 6.92. The number of allylic oxidation sites excluding steroid dienone is 1. The van der Waals surface area contributed by atoms with Crippen molar-refractivity contribution in [2.75, 3.05) is 13.7 Å². The van der Waals surface area contributed by atoms with E-state index in [1.165, 1.54) is 19.4 Å². The lowest BCUT2D eigenvalue weighted by atomic mass is 9.94. The summed E-state index contributed by atoms with van der Waals surface area (Å²) in [6.45, 7) is 0.810. The van der Waals surface area contributed by atoms with E-state index < -0.39 is 18.4 Å². The Morgan fingerprint density at radius 2 is 1.79 bits per heavy atom. The third kappa shape index (κ3) is 4.97. The Morgan fingerprint density at radius 1 is 1.18 bits per heavy atom. The molecule has 2 rings (SSSR count). The number of nitriles is 1. The van der Waals surface area contributed by atoms with Crippen LogP contribution in [0.25, 0.3) is 0 Å². The molecule has 148 valence electrons. The highest BCUT2D eigenvalue weighted by Crippen LogP contribution is 2.24. The molecular weight excluding hydrogens is 358 g/mol. The summed E-state index contributed by atoms with van der Waals surface area (Å²) in [5, 5.41) is 8.95. The fourth-order valence-corrected chi connectivity index (χ4v) is 3.32. The van der Waals surface area contributed by atoms with Crippen molar-refractivity contribution in [1.29, 1.82) is 5.26 Å². The van der Waals surface area contributed by atoms with E-state index in [4.69, 9.17) is 15.7 Å². The van der Waals surface area contributed by atoms with Crippen LogP contribution in [-0.4, -0.2) is 42.3 Å². The van der Waals surface area contributed by atoms with Gasteiger partial charge in [0.2, 0.25) is 5.78 Å². The van der Waals surface area contributed by atoms with Crippen molar-refractivity contribution in [2.45, 2.75) is 45.1 Å². The molecule has 0 atom stereocenters. The molecule has 1 aliphatic rings. The maximum absolute atomic E-state index is 12.9. The van der Waals surface area contributed by atoms with Gasteiger partial charge in [-0.25, -0.2) is 4.79 Å². The number of esters is 1. The van der Waals surface area contributed by atoms with E-state index in [9.17, 15) is 14.4 Å². The topological polar surface area (TPSA) is 113 Å². The number of benzene rings is 1. The van der Waals surface area contributed by atoms with Gasteiger partial charge >= 0.3 is 5.97 Å². The molecule has 0 spiro atoms. The van der Waals surface area contributed by atoms with Crippen molar-refractivity contribution in [1.82, 2.24) is 4.90 Å². The van der Waals surface area contributed by atoms with Gasteiger partial charge in [-0.15, -0.1) is 0 Å². The lowest BCUT2D eigenvalue weighted by Gasteiger charge is -2.31. The van der Waals surface area contributed by atoms with Gasteiger partial charge in [-0.3, -0.25) is 9.59 Å². The van der Waals surface area contributed by atoms with Crippen LogP contribution in [0.2, 0.25) is 0 Å². The Labute approximate surface area is 164 Å². The SMILES string of the molecule is CC(N)=C(C#N)C(=O)COC(=O)c1ccccc1C(=O)N(C)C1CCCCC1. The molecule has 7 nitrogen and oxygen atoms in total. The quantitative estimate of drug-likeness (QED) is 0.459. The van der Waals surface area contributed by atoms with Gasteiger partial charge in [-0.1, -0.05) is 31.4 Å². The van der Waals surface area contributed by atoms with Gasteiger partial charge in [-0.05, 0) is 31.9 Å². The number of carbonyl (C=O) groups is 3. The number of nitrogens with zero attached hydrogens (tertiary/aromatic N) is 2. The summed E-state index contributed by atoms with van der Waals surface area (Å²) in [5.41, 5.74) is 5.63. The summed E-state index contributed by atoms with van der Waals surface area (Å²) in [6, 6.07) is 8.22. The lowest BCUT2D eigenvalue weighted by molar-refractivity contribution is -0.118. The average Bonchev–Trinajstić information content (AvgIpc) is 2.71. The van der Waals surface area contributed by atoms with Gasteiger partial charge in [0.25, 0.3) is 5.91 Å². The zero-order valence-electron chi connectivity index (χ0n) is 16.2. The van der Waals surface area contributed by atoms with E-state index in [0.29, 0.717) is 0 Å². The number of Topliss-reactive ketones (excluding diaryl/α,β-unsaturated/α-hetero) is 1. The van der Waals surface area contributed by atoms with Gasteiger partial charge in [0.05, 0.1) is 11.1 Å². The summed E-state index contributed by atoms with van der Waals surface area (Å²) in [7, 11) is 1.75. The smallest absolute Gasteiger partial charge is 0.339 e. The molecule has 1 aliphatic carbocycles. The maximum Gasteiger partial charge on any atom is 0.339 e. The molecule has 1 amide bonds. The van der Waals surface area contributed by atoms with Crippen LogP contribution in [0.4, 0.5) is 0 Å². The molecule has 0 bridgehead atoms. The van der Waals surface area contributed by atoms with Crippen LogP contribution in [0, 0.1) is 11.3 Å². The summed E-state index contributed by atoms with van der Waals surface area (Å²) < 4.78 is 5.04. The first-order valence-corrected chi connectivity index (χ1v) is 9.29. The Hall–Kier alpha value is -3.14. The molecule has 0 saturated heterocycles. The Kier molecular flexibility index (Phi) is 7.33. The van der Waals surface area contributed by atoms with Gasteiger partial charge in [-0.2, -0.15) is 5.26 Å². The van der Waals surface area contributed by atoms with E-state index in [1.807, 2.05) is 0 Å². The van der Waals surface area contributed by atoms with Crippen LogP contribution in [0.15, 0.2) is 35.5 Å². The van der Waals surface area contributed by atoms with Crippen molar-refractivity contribution in [3.05, 3.63) is 46.7 Å². The van der Waals surface area contributed by atoms with Crippen LogP contribution in [0.5, 0.6) is 0 Å². The van der Waals surface area contributed by atoms with Crippen LogP contribution >= 0.6 is 0 Å². The highest BCUT2D eigenvalue weighted by Gasteiger charge is 2.26. The van der Waals surface area contributed by atoms with Crippen LogP contribution in [0.3, 0.4) is 0 Å². The number of carbonyl (C=O) groups excluding carboxylic acids is 3. The molecule has 1 fully saturated rings. The molecular formula is C21H25N3O4. The number of ether oxygens (including phenoxy) is 1. The second kappa shape index (κ2) is 9.70. The zero-order valence-corrected chi connectivity index (χ0v) is 16.2. The number of rotatable bonds is 6. The van der Waals surface area contributed by atoms with Crippen molar-refractivity contribution < 1.29 is 19.1 Å². The molecule has 0 unspecified atom stereocenters. The minimum atomic E-state index is -0.790. The minimum absolute atomic E-state index is 0.0632. The highest BCUT2D eigenvalue weighted by atomic mass is 16.5. The first-order valence-electron chi connectivity index (χ1n) is 9.29. The van der Waals surface area contributed by atoms with Gasteiger partial charge in [0.1, 0.15) is 11.6 Å². The third-order valence-electron chi connectivity index (χ3n) is 4.94. The van der Waals surface area contributed by atoms with Crippen molar-refractivity contribution in [2.24, 2.45) is 5.73 Å². The van der Waals surface area contributed by atoms with E-state index in [0.717, 1.165) is 25.7 Å². The predicted molar refractivity (Wildman–Crippen MR) is 103 cm³/mol. The summed E-state index contributed by atoms with van der Waals surface area (Å²) in [6.07, 6.45) is 5.25. The molecule has 28 heavy (non-hydrogen) atoms.